The van der Waals surface area contributed by atoms with Crippen molar-refractivity contribution < 1.29 is 31.9 Å². The van der Waals surface area contributed by atoms with Crippen LogP contribution < -0.4 is 0 Å². The maximum absolute atomic E-state index is 12.1. The minimum Gasteiger partial charge on any atom is -0.393 e. The van der Waals surface area contributed by atoms with Gasteiger partial charge in [-0.3, -0.25) is 4.79 Å². The molecule has 1 unspecified atom stereocenters. The molecule has 0 aliphatic carbocycles. The fraction of sp³-hybridized carbons (Fsp3) is 0.833. The SMILES string of the molecule is CC(O)CC(=O)C(F)(F)C(F)(F)F. The molecule has 0 saturated carbocycles. The van der Waals surface area contributed by atoms with Gasteiger partial charge in [0.15, 0.2) is 0 Å². The molecule has 0 rings (SSSR count). The Morgan fingerprint density at radius 1 is 1.31 bits per heavy atom. The van der Waals surface area contributed by atoms with Gasteiger partial charge in [0.2, 0.25) is 5.78 Å². The first-order valence-corrected chi connectivity index (χ1v) is 3.25. The molecule has 0 aliphatic rings. The van der Waals surface area contributed by atoms with Crippen molar-refractivity contribution in [1.29, 1.82) is 0 Å². The lowest BCUT2D eigenvalue weighted by atomic mass is 10.1. The van der Waals surface area contributed by atoms with Crippen LogP contribution in [0.5, 0.6) is 0 Å². The summed E-state index contributed by atoms with van der Waals surface area (Å²) in [6.07, 6.45) is -8.62. The third-order valence-electron chi connectivity index (χ3n) is 1.19. The number of rotatable bonds is 3. The number of hydrogen-bond donors (Lipinski definition) is 1. The Bertz CT molecular complexity index is 196. The van der Waals surface area contributed by atoms with Crippen molar-refractivity contribution in [1.82, 2.24) is 0 Å². The van der Waals surface area contributed by atoms with Crippen LogP contribution in [0.1, 0.15) is 13.3 Å². The molecule has 0 heterocycles. The molecule has 78 valence electrons. The zero-order valence-corrected chi connectivity index (χ0v) is 6.53. The Hall–Kier alpha value is -0.720. The minimum absolute atomic E-state index is 0.949. The van der Waals surface area contributed by atoms with Crippen molar-refractivity contribution in [2.24, 2.45) is 0 Å². The highest BCUT2D eigenvalue weighted by molar-refractivity contribution is 5.86. The molecule has 0 spiro atoms. The number of ketones is 1. The summed E-state index contributed by atoms with van der Waals surface area (Å²) in [6, 6.07) is 0. The third kappa shape index (κ3) is 2.91. The lowest BCUT2D eigenvalue weighted by Gasteiger charge is -2.18. The molecule has 0 fully saturated rings. The second-order valence-corrected chi connectivity index (χ2v) is 2.55. The number of halogens is 5. The molecule has 2 nitrogen and oxygen atoms in total. The number of aliphatic hydroxyl groups is 1. The summed E-state index contributed by atoms with van der Waals surface area (Å²) in [5, 5.41) is 8.43. The molecular weight excluding hydrogens is 199 g/mol. The first-order valence-electron chi connectivity index (χ1n) is 3.25. The van der Waals surface area contributed by atoms with Crippen molar-refractivity contribution in [2.45, 2.75) is 31.5 Å². The van der Waals surface area contributed by atoms with Gasteiger partial charge in [0.1, 0.15) is 0 Å². The number of Topliss-reactive ketones (excluding diaryl/α,β-unsaturated/α-hetero) is 1. The average molecular weight is 206 g/mol. The molecule has 0 aromatic heterocycles. The lowest BCUT2D eigenvalue weighted by molar-refractivity contribution is -0.269. The van der Waals surface area contributed by atoms with Gasteiger partial charge in [-0.1, -0.05) is 0 Å². The molecule has 0 aromatic rings. The average Bonchev–Trinajstić information content (AvgIpc) is 1.82. The largest absolute Gasteiger partial charge is 0.461 e. The van der Waals surface area contributed by atoms with E-state index in [1.807, 2.05) is 0 Å². The van der Waals surface area contributed by atoms with Gasteiger partial charge in [0.05, 0.1) is 6.10 Å². The second-order valence-electron chi connectivity index (χ2n) is 2.55. The highest BCUT2D eigenvalue weighted by atomic mass is 19.4. The normalized spacial score (nSPS) is 15.6. The monoisotopic (exact) mass is 206 g/mol. The number of carbonyl (C=O) groups excluding carboxylic acids is 1. The maximum atomic E-state index is 12.1. The number of alkyl halides is 5. The van der Waals surface area contributed by atoms with Crippen LogP contribution in [-0.4, -0.2) is 29.1 Å². The molecule has 0 saturated heterocycles. The van der Waals surface area contributed by atoms with Crippen LogP contribution in [0.15, 0.2) is 0 Å². The quantitative estimate of drug-likeness (QED) is 0.711. The predicted molar refractivity (Wildman–Crippen MR) is 32.3 cm³/mol. The minimum atomic E-state index is -5.89. The highest BCUT2D eigenvalue weighted by Gasteiger charge is 2.62. The van der Waals surface area contributed by atoms with Crippen molar-refractivity contribution in [2.75, 3.05) is 0 Å². The van der Waals surface area contributed by atoms with E-state index in [1.165, 1.54) is 0 Å². The maximum Gasteiger partial charge on any atom is 0.461 e. The summed E-state index contributed by atoms with van der Waals surface area (Å²) < 4.78 is 58.6. The predicted octanol–water partition coefficient (Wildman–Crippen LogP) is 1.52. The van der Waals surface area contributed by atoms with E-state index in [4.69, 9.17) is 5.11 Å². The van der Waals surface area contributed by atoms with Gasteiger partial charge in [0.25, 0.3) is 0 Å². The van der Waals surface area contributed by atoms with E-state index in [0.29, 0.717) is 0 Å². The van der Waals surface area contributed by atoms with E-state index < -0.39 is 30.4 Å². The van der Waals surface area contributed by atoms with Crippen LogP contribution in [0, 0.1) is 0 Å². The molecule has 0 bridgehead atoms. The Labute approximate surface area is 70.3 Å². The molecule has 0 radical (unpaired) electrons. The molecule has 1 atom stereocenters. The Kier molecular flexibility index (Phi) is 3.37. The number of hydrogen-bond acceptors (Lipinski definition) is 2. The molecule has 0 aliphatic heterocycles. The molecule has 13 heavy (non-hydrogen) atoms. The van der Waals surface area contributed by atoms with E-state index in [2.05, 4.69) is 0 Å². The van der Waals surface area contributed by atoms with Gasteiger partial charge < -0.3 is 5.11 Å². The van der Waals surface area contributed by atoms with Gasteiger partial charge in [-0.15, -0.1) is 0 Å². The second kappa shape index (κ2) is 3.57. The summed E-state index contributed by atoms with van der Waals surface area (Å²) in [5.74, 6) is -7.70. The van der Waals surface area contributed by atoms with Gasteiger partial charge in [0, 0.05) is 6.42 Å². The number of carbonyl (C=O) groups is 1. The summed E-state index contributed by atoms with van der Waals surface area (Å²) in [4.78, 5) is 10.3. The van der Waals surface area contributed by atoms with Crippen LogP contribution in [-0.2, 0) is 4.79 Å². The van der Waals surface area contributed by atoms with Crippen molar-refractivity contribution in [3.63, 3.8) is 0 Å². The topological polar surface area (TPSA) is 37.3 Å². The zero-order valence-electron chi connectivity index (χ0n) is 6.53. The van der Waals surface area contributed by atoms with Crippen LogP contribution >= 0.6 is 0 Å². The molecule has 1 N–H and O–H groups in total. The van der Waals surface area contributed by atoms with Gasteiger partial charge >= 0.3 is 12.1 Å². The Morgan fingerprint density at radius 2 is 1.69 bits per heavy atom. The first kappa shape index (κ1) is 12.3. The van der Waals surface area contributed by atoms with Crippen molar-refractivity contribution in [3.05, 3.63) is 0 Å². The smallest absolute Gasteiger partial charge is 0.393 e. The van der Waals surface area contributed by atoms with E-state index in [0.717, 1.165) is 6.92 Å². The summed E-state index contributed by atoms with van der Waals surface area (Å²) in [7, 11) is 0. The third-order valence-corrected chi connectivity index (χ3v) is 1.19. The zero-order chi connectivity index (χ0) is 10.9. The van der Waals surface area contributed by atoms with E-state index in [1.54, 1.807) is 0 Å². The highest BCUT2D eigenvalue weighted by Crippen LogP contribution is 2.36. The van der Waals surface area contributed by atoms with Crippen molar-refractivity contribution in [3.8, 4) is 0 Å². The van der Waals surface area contributed by atoms with E-state index in [-0.39, 0.29) is 0 Å². The number of aliphatic hydroxyl groups excluding tert-OH is 1. The Morgan fingerprint density at radius 3 is 1.92 bits per heavy atom. The van der Waals surface area contributed by atoms with E-state index >= 15 is 0 Å². The van der Waals surface area contributed by atoms with Gasteiger partial charge in [-0.05, 0) is 6.92 Å². The fourth-order valence-electron chi connectivity index (χ4n) is 0.555. The first-order chi connectivity index (χ1) is 5.59. The lowest BCUT2D eigenvalue weighted by Crippen LogP contribution is -2.44. The molecule has 0 aromatic carbocycles. The summed E-state index contributed by atoms with van der Waals surface area (Å²) in [6.45, 7) is 0.949. The fourth-order valence-corrected chi connectivity index (χ4v) is 0.555. The van der Waals surface area contributed by atoms with E-state index in [9.17, 15) is 26.7 Å². The molecule has 0 amide bonds. The van der Waals surface area contributed by atoms with Crippen molar-refractivity contribution >= 4 is 5.78 Å². The summed E-state index contributed by atoms with van der Waals surface area (Å²) >= 11 is 0. The summed E-state index contributed by atoms with van der Waals surface area (Å²) in [5.41, 5.74) is 0. The standard InChI is InChI=1S/C6H7F5O2/c1-3(12)2-4(13)5(7,8)6(9,10)11/h3,12H,2H2,1H3. The van der Waals surface area contributed by atoms with Crippen LogP contribution in [0.25, 0.3) is 0 Å². The van der Waals surface area contributed by atoms with Crippen LogP contribution in [0.4, 0.5) is 22.0 Å². The molecule has 7 heteroatoms. The Balaban J connectivity index is 4.56. The molecular formula is C6H7F5O2. The van der Waals surface area contributed by atoms with Crippen LogP contribution in [0.3, 0.4) is 0 Å². The van der Waals surface area contributed by atoms with Crippen LogP contribution in [0.2, 0.25) is 0 Å². The van der Waals surface area contributed by atoms with Gasteiger partial charge in [-0.25, -0.2) is 0 Å². The van der Waals surface area contributed by atoms with Gasteiger partial charge in [-0.2, -0.15) is 22.0 Å².